The molecule has 1 rings (SSSR count). The summed E-state index contributed by atoms with van der Waals surface area (Å²) in [7, 11) is 1.64. The van der Waals surface area contributed by atoms with Crippen LogP contribution in [-0.4, -0.2) is 28.5 Å². The molecule has 0 aliphatic rings. The van der Waals surface area contributed by atoms with E-state index in [0.29, 0.717) is 5.56 Å². The summed E-state index contributed by atoms with van der Waals surface area (Å²) < 4.78 is 0. The average molecular weight is 209 g/mol. The third-order valence-electron chi connectivity index (χ3n) is 1.63. The van der Waals surface area contributed by atoms with Gasteiger partial charge in [-0.05, 0) is 24.4 Å². The van der Waals surface area contributed by atoms with Gasteiger partial charge in [0.05, 0.1) is 6.21 Å². The van der Waals surface area contributed by atoms with Crippen molar-refractivity contribution in [2.75, 3.05) is 7.05 Å². The fourth-order valence-electron chi connectivity index (χ4n) is 0.802. The zero-order valence-electron chi connectivity index (χ0n) is 7.71. The molecule has 0 amide bonds. The van der Waals surface area contributed by atoms with Crippen molar-refractivity contribution in [3.63, 3.8) is 0 Å². The molecule has 0 heterocycles. The molecule has 74 valence electrons. The second-order valence-corrected chi connectivity index (χ2v) is 3.08. The van der Waals surface area contributed by atoms with E-state index in [1.165, 1.54) is 11.2 Å². The number of hydrogen-bond donors (Lipinski definition) is 2. The summed E-state index contributed by atoms with van der Waals surface area (Å²) in [4.78, 5) is 0. The molecule has 0 spiro atoms. The Kier molecular flexibility index (Phi) is 3.41. The number of hydrazone groups is 1. The molecule has 0 bridgehead atoms. The van der Waals surface area contributed by atoms with E-state index < -0.39 is 0 Å². The number of nitrogens with two attached hydrogens (primary N) is 1. The molecule has 0 unspecified atom stereocenters. The van der Waals surface area contributed by atoms with Gasteiger partial charge in [0.1, 0.15) is 5.75 Å². The maximum Gasteiger partial charge on any atom is 0.186 e. The Bertz CT molecular complexity index is 365. The Morgan fingerprint density at radius 3 is 2.79 bits per heavy atom. The highest BCUT2D eigenvalue weighted by Gasteiger charge is 1.97. The van der Waals surface area contributed by atoms with Crippen molar-refractivity contribution in [3.05, 3.63) is 29.8 Å². The Morgan fingerprint density at radius 1 is 1.57 bits per heavy atom. The molecule has 0 aliphatic heterocycles. The molecule has 4 nitrogen and oxygen atoms in total. The quantitative estimate of drug-likeness (QED) is 0.431. The fourth-order valence-corrected chi connectivity index (χ4v) is 0.850. The van der Waals surface area contributed by atoms with E-state index in [2.05, 4.69) is 5.10 Å². The minimum Gasteiger partial charge on any atom is -0.507 e. The second-order valence-electron chi connectivity index (χ2n) is 2.67. The van der Waals surface area contributed by atoms with Crippen LogP contribution in [0.15, 0.2) is 29.4 Å². The predicted octanol–water partition coefficient (Wildman–Crippen LogP) is 0.901. The summed E-state index contributed by atoms with van der Waals surface area (Å²) in [5.74, 6) is 0.174. The molecule has 3 N–H and O–H groups in total. The van der Waals surface area contributed by atoms with Gasteiger partial charge in [-0.3, -0.25) is 0 Å². The van der Waals surface area contributed by atoms with Crippen LogP contribution >= 0.6 is 12.2 Å². The summed E-state index contributed by atoms with van der Waals surface area (Å²) in [6, 6.07) is 6.88. The van der Waals surface area contributed by atoms with Crippen molar-refractivity contribution in [1.29, 1.82) is 0 Å². The maximum absolute atomic E-state index is 9.39. The Hall–Kier alpha value is -1.62. The van der Waals surface area contributed by atoms with Crippen LogP contribution in [0.4, 0.5) is 0 Å². The van der Waals surface area contributed by atoms with Gasteiger partial charge in [0, 0.05) is 12.6 Å². The van der Waals surface area contributed by atoms with Gasteiger partial charge in [0.15, 0.2) is 5.11 Å². The molecule has 0 aliphatic carbocycles. The van der Waals surface area contributed by atoms with E-state index >= 15 is 0 Å². The molecular weight excluding hydrogens is 198 g/mol. The smallest absolute Gasteiger partial charge is 0.186 e. The van der Waals surface area contributed by atoms with Crippen LogP contribution in [0.5, 0.6) is 5.75 Å². The van der Waals surface area contributed by atoms with Crippen LogP contribution in [0.1, 0.15) is 5.56 Å². The number of aromatic hydroxyl groups is 1. The minimum absolute atomic E-state index is 0.174. The molecule has 0 aromatic heterocycles. The zero-order chi connectivity index (χ0) is 10.6. The van der Waals surface area contributed by atoms with E-state index in [-0.39, 0.29) is 10.9 Å². The first kappa shape index (κ1) is 10.5. The molecular formula is C9H11N3OS. The van der Waals surface area contributed by atoms with Crippen molar-refractivity contribution in [2.45, 2.75) is 0 Å². The Morgan fingerprint density at radius 2 is 2.21 bits per heavy atom. The van der Waals surface area contributed by atoms with Crippen molar-refractivity contribution in [1.82, 2.24) is 5.01 Å². The molecule has 5 heteroatoms. The lowest BCUT2D eigenvalue weighted by atomic mass is 10.2. The Balaban J connectivity index is 2.78. The topological polar surface area (TPSA) is 61.8 Å². The van der Waals surface area contributed by atoms with Crippen LogP contribution in [0.25, 0.3) is 0 Å². The number of nitrogens with zero attached hydrogens (tertiary/aromatic N) is 2. The molecule has 0 radical (unpaired) electrons. The van der Waals surface area contributed by atoms with E-state index in [4.69, 9.17) is 18.0 Å². The van der Waals surface area contributed by atoms with E-state index in [0.717, 1.165) is 0 Å². The van der Waals surface area contributed by atoms with Crippen LogP contribution in [-0.2, 0) is 0 Å². The first-order chi connectivity index (χ1) is 6.61. The lowest BCUT2D eigenvalue weighted by Gasteiger charge is -2.08. The number of benzene rings is 1. The maximum atomic E-state index is 9.39. The summed E-state index contributed by atoms with van der Waals surface area (Å²) >= 11 is 4.69. The number of thiocarbonyl (C=S) groups is 1. The van der Waals surface area contributed by atoms with Crippen LogP contribution in [0.2, 0.25) is 0 Å². The predicted molar refractivity (Wildman–Crippen MR) is 60.2 cm³/mol. The molecule has 0 saturated heterocycles. The van der Waals surface area contributed by atoms with E-state index in [1.54, 1.807) is 25.2 Å². The van der Waals surface area contributed by atoms with Gasteiger partial charge in [0.2, 0.25) is 0 Å². The number of phenols is 1. The minimum atomic E-state index is 0.174. The molecule has 0 atom stereocenters. The second kappa shape index (κ2) is 4.57. The van der Waals surface area contributed by atoms with Gasteiger partial charge < -0.3 is 10.8 Å². The van der Waals surface area contributed by atoms with Crippen LogP contribution in [0, 0.1) is 0 Å². The van der Waals surface area contributed by atoms with E-state index in [1.807, 2.05) is 6.07 Å². The molecule has 14 heavy (non-hydrogen) atoms. The normalized spacial score (nSPS) is 10.4. The lowest BCUT2D eigenvalue weighted by molar-refractivity contribution is 0.474. The van der Waals surface area contributed by atoms with Crippen molar-refractivity contribution in [3.8, 4) is 5.75 Å². The summed E-state index contributed by atoms with van der Waals surface area (Å²) in [5.41, 5.74) is 5.94. The van der Waals surface area contributed by atoms with Gasteiger partial charge in [-0.15, -0.1) is 0 Å². The van der Waals surface area contributed by atoms with Gasteiger partial charge in [0.25, 0.3) is 0 Å². The Labute approximate surface area is 87.6 Å². The summed E-state index contributed by atoms with van der Waals surface area (Å²) in [6.45, 7) is 0. The average Bonchev–Trinajstić information content (AvgIpc) is 2.16. The van der Waals surface area contributed by atoms with Gasteiger partial charge in [-0.1, -0.05) is 12.1 Å². The molecule has 0 fully saturated rings. The highest BCUT2D eigenvalue weighted by molar-refractivity contribution is 7.80. The molecule has 1 aromatic rings. The highest BCUT2D eigenvalue weighted by Crippen LogP contribution is 2.12. The number of hydrogen-bond acceptors (Lipinski definition) is 3. The van der Waals surface area contributed by atoms with Crippen LogP contribution in [0.3, 0.4) is 0 Å². The zero-order valence-corrected chi connectivity index (χ0v) is 8.53. The number of rotatable bonds is 2. The molecule has 0 saturated carbocycles. The number of phenolic OH excluding ortho intramolecular Hbond substituents is 1. The first-order valence-electron chi connectivity index (χ1n) is 3.96. The first-order valence-corrected chi connectivity index (χ1v) is 4.37. The van der Waals surface area contributed by atoms with Crippen molar-refractivity contribution >= 4 is 23.5 Å². The number of para-hydroxylation sites is 1. The van der Waals surface area contributed by atoms with Gasteiger partial charge in [-0.25, -0.2) is 5.01 Å². The van der Waals surface area contributed by atoms with Crippen molar-refractivity contribution in [2.24, 2.45) is 10.8 Å². The fraction of sp³-hybridized carbons (Fsp3) is 0.111. The largest absolute Gasteiger partial charge is 0.507 e. The van der Waals surface area contributed by atoms with Gasteiger partial charge >= 0.3 is 0 Å². The van der Waals surface area contributed by atoms with E-state index in [9.17, 15) is 5.11 Å². The third-order valence-corrected chi connectivity index (χ3v) is 1.89. The van der Waals surface area contributed by atoms with Crippen LogP contribution < -0.4 is 5.73 Å². The van der Waals surface area contributed by atoms with Crippen molar-refractivity contribution < 1.29 is 5.11 Å². The standard InChI is InChI=1S/C9H11N3OS/c1-12(9(10)14)11-6-7-4-2-3-5-8(7)13/h2-6,13H,1H3,(H2,10,14)/b11-6+. The SMILES string of the molecule is CN(/N=C/c1ccccc1O)C(N)=S. The van der Waals surface area contributed by atoms with Gasteiger partial charge in [-0.2, -0.15) is 5.10 Å². The monoisotopic (exact) mass is 209 g/mol. The summed E-state index contributed by atoms with van der Waals surface area (Å²) in [6.07, 6.45) is 1.49. The highest BCUT2D eigenvalue weighted by atomic mass is 32.1. The molecule has 1 aromatic carbocycles. The third kappa shape index (κ3) is 2.70. The lowest BCUT2D eigenvalue weighted by Crippen LogP contribution is -2.27. The summed E-state index contributed by atoms with van der Waals surface area (Å²) in [5, 5.41) is 14.9.